The molecule has 1 aromatic carbocycles. The van der Waals surface area contributed by atoms with Crippen LogP contribution in [0.2, 0.25) is 0 Å². The lowest BCUT2D eigenvalue weighted by atomic mass is 10.0. The van der Waals surface area contributed by atoms with E-state index in [1.807, 2.05) is 11.4 Å². The van der Waals surface area contributed by atoms with Crippen molar-refractivity contribution in [3.8, 4) is 22.4 Å². The lowest BCUT2D eigenvalue weighted by Crippen LogP contribution is -2.21. The molecule has 0 unspecified atom stereocenters. The zero-order valence-corrected chi connectivity index (χ0v) is 13.7. The second kappa shape index (κ2) is 6.16. The number of benzene rings is 1. The van der Waals surface area contributed by atoms with E-state index in [1.54, 1.807) is 18.2 Å². The van der Waals surface area contributed by atoms with Gasteiger partial charge in [0.1, 0.15) is 12.5 Å². The van der Waals surface area contributed by atoms with E-state index in [1.165, 1.54) is 34.1 Å². The first-order valence-electron chi connectivity index (χ1n) is 6.46. The van der Waals surface area contributed by atoms with Gasteiger partial charge >= 0.3 is 0 Å². The first-order valence-corrected chi connectivity index (χ1v) is 8.13. The highest BCUT2D eigenvalue weighted by Crippen LogP contribution is 2.38. The van der Waals surface area contributed by atoms with Gasteiger partial charge in [-0.15, -0.1) is 11.3 Å². The minimum atomic E-state index is -0.443. The Balaban J connectivity index is 2.34. The van der Waals surface area contributed by atoms with Crippen LogP contribution in [-0.4, -0.2) is 9.67 Å². The van der Waals surface area contributed by atoms with E-state index in [-0.39, 0.29) is 11.4 Å². The summed E-state index contributed by atoms with van der Waals surface area (Å²) >= 11 is 5.02. The normalized spacial score (nSPS) is 10.9. The Morgan fingerprint density at radius 3 is 2.41 bits per heavy atom. The van der Waals surface area contributed by atoms with Gasteiger partial charge in [0.15, 0.2) is 0 Å². The zero-order chi connectivity index (χ0) is 15.7. The van der Waals surface area contributed by atoms with Crippen LogP contribution in [0.25, 0.3) is 22.4 Å². The molecule has 2 aromatic heterocycles. The molecule has 0 bridgehead atoms. The molecule has 3 nitrogen and oxygen atoms in total. The SMILES string of the molecule is O=c1ccc(-c2ccsc2Br)c(-c2ccc(F)cc2)n1CO. The molecule has 0 radical (unpaired) electrons. The van der Waals surface area contributed by atoms with E-state index in [0.717, 1.165) is 14.9 Å². The van der Waals surface area contributed by atoms with Crippen molar-refractivity contribution < 1.29 is 9.50 Å². The monoisotopic (exact) mass is 379 g/mol. The maximum atomic E-state index is 13.2. The average molecular weight is 380 g/mol. The van der Waals surface area contributed by atoms with Gasteiger partial charge in [-0.3, -0.25) is 9.36 Å². The molecule has 0 atom stereocenters. The van der Waals surface area contributed by atoms with Gasteiger partial charge in [0.2, 0.25) is 0 Å². The molecule has 0 aliphatic heterocycles. The fraction of sp³-hybridized carbons (Fsp3) is 0.0625. The van der Waals surface area contributed by atoms with Crippen LogP contribution >= 0.6 is 27.3 Å². The molecule has 0 aliphatic rings. The van der Waals surface area contributed by atoms with Crippen molar-refractivity contribution in [3.05, 3.63) is 67.8 Å². The summed E-state index contributed by atoms with van der Waals surface area (Å²) in [5, 5.41) is 11.5. The highest BCUT2D eigenvalue weighted by Gasteiger charge is 2.16. The Hall–Kier alpha value is -1.76. The van der Waals surface area contributed by atoms with Crippen LogP contribution in [0.3, 0.4) is 0 Å². The van der Waals surface area contributed by atoms with Crippen molar-refractivity contribution in [1.29, 1.82) is 0 Å². The number of rotatable bonds is 3. The van der Waals surface area contributed by atoms with Gasteiger partial charge in [0.25, 0.3) is 5.56 Å². The maximum absolute atomic E-state index is 13.2. The number of aromatic nitrogens is 1. The lowest BCUT2D eigenvalue weighted by molar-refractivity contribution is 0.208. The fourth-order valence-corrected chi connectivity index (χ4v) is 3.64. The standard InChI is InChI=1S/C16H11BrFNO2S/c17-16-13(7-8-22-16)12-5-6-14(21)19(9-20)15(12)10-1-3-11(18)4-2-10/h1-8,20H,9H2. The van der Waals surface area contributed by atoms with Crippen LogP contribution in [0.4, 0.5) is 4.39 Å². The number of hydrogen-bond acceptors (Lipinski definition) is 3. The van der Waals surface area contributed by atoms with Crippen molar-refractivity contribution in [1.82, 2.24) is 4.57 Å². The quantitative estimate of drug-likeness (QED) is 0.744. The Kier molecular flexibility index (Phi) is 4.24. The van der Waals surface area contributed by atoms with Crippen molar-refractivity contribution in [2.24, 2.45) is 0 Å². The third kappa shape index (κ3) is 2.65. The highest BCUT2D eigenvalue weighted by atomic mass is 79.9. The number of halogens is 2. The van der Waals surface area contributed by atoms with Crippen LogP contribution in [0, 0.1) is 5.82 Å². The predicted octanol–water partition coefficient (Wildman–Crippen LogP) is 4.10. The van der Waals surface area contributed by atoms with Gasteiger partial charge in [0, 0.05) is 17.2 Å². The van der Waals surface area contributed by atoms with E-state index in [0.29, 0.717) is 11.3 Å². The van der Waals surface area contributed by atoms with Gasteiger partial charge in [-0.1, -0.05) is 0 Å². The van der Waals surface area contributed by atoms with E-state index in [2.05, 4.69) is 15.9 Å². The van der Waals surface area contributed by atoms with Gasteiger partial charge < -0.3 is 5.11 Å². The molecule has 22 heavy (non-hydrogen) atoms. The Morgan fingerprint density at radius 1 is 1.09 bits per heavy atom. The zero-order valence-electron chi connectivity index (χ0n) is 11.3. The second-order valence-corrected chi connectivity index (χ2v) is 6.85. The molecule has 0 aliphatic carbocycles. The Labute approximate surface area is 138 Å². The summed E-state index contributed by atoms with van der Waals surface area (Å²) in [6, 6.07) is 10.9. The summed E-state index contributed by atoms with van der Waals surface area (Å²) in [5.74, 6) is -0.351. The number of nitrogens with zero attached hydrogens (tertiary/aromatic N) is 1. The molecule has 6 heteroatoms. The van der Waals surface area contributed by atoms with E-state index in [9.17, 15) is 14.3 Å². The van der Waals surface area contributed by atoms with E-state index in [4.69, 9.17) is 0 Å². The number of aliphatic hydroxyl groups is 1. The van der Waals surface area contributed by atoms with Crippen LogP contribution in [-0.2, 0) is 6.73 Å². The van der Waals surface area contributed by atoms with Crippen molar-refractivity contribution in [2.45, 2.75) is 6.73 Å². The number of hydrogen-bond donors (Lipinski definition) is 1. The third-order valence-corrected chi connectivity index (χ3v) is 5.04. The van der Waals surface area contributed by atoms with Crippen LogP contribution in [0.5, 0.6) is 0 Å². The first kappa shape index (κ1) is 15.1. The molecular formula is C16H11BrFNO2S. The van der Waals surface area contributed by atoms with Crippen molar-refractivity contribution in [3.63, 3.8) is 0 Å². The average Bonchev–Trinajstić information content (AvgIpc) is 2.94. The predicted molar refractivity (Wildman–Crippen MR) is 89.3 cm³/mol. The summed E-state index contributed by atoms with van der Waals surface area (Å²) in [6.45, 7) is -0.443. The molecule has 0 fully saturated rings. The van der Waals surface area contributed by atoms with Crippen molar-refractivity contribution >= 4 is 27.3 Å². The molecule has 0 saturated carbocycles. The molecule has 2 heterocycles. The first-order chi connectivity index (χ1) is 10.6. The highest BCUT2D eigenvalue weighted by molar-refractivity contribution is 9.11. The summed E-state index contributed by atoms with van der Waals surface area (Å²) in [4.78, 5) is 12.0. The Morgan fingerprint density at radius 2 is 1.82 bits per heavy atom. The van der Waals surface area contributed by atoms with Gasteiger partial charge in [-0.2, -0.15) is 0 Å². The molecule has 0 spiro atoms. The molecule has 1 N–H and O–H groups in total. The van der Waals surface area contributed by atoms with Crippen LogP contribution in [0.1, 0.15) is 0 Å². The minimum absolute atomic E-state index is 0.308. The fourth-order valence-electron chi connectivity index (χ4n) is 2.34. The van der Waals surface area contributed by atoms with Crippen molar-refractivity contribution in [2.75, 3.05) is 0 Å². The number of aliphatic hydroxyl groups excluding tert-OH is 1. The van der Waals surface area contributed by atoms with Gasteiger partial charge in [-0.25, -0.2) is 4.39 Å². The summed E-state index contributed by atoms with van der Waals surface area (Å²) in [6.07, 6.45) is 0. The maximum Gasteiger partial charge on any atom is 0.252 e. The summed E-state index contributed by atoms with van der Waals surface area (Å²) < 4.78 is 15.4. The third-order valence-electron chi connectivity index (χ3n) is 3.35. The summed E-state index contributed by atoms with van der Waals surface area (Å²) in [7, 11) is 0. The molecule has 3 rings (SSSR count). The van der Waals surface area contributed by atoms with Crippen LogP contribution < -0.4 is 5.56 Å². The molecular weight excluding hydrogens is 369 g/mol. The van der Waals surface area contributed by atoms with Gasteiger partial charge in [-0.05, 0) is 63.3 Å². The van der Waals surface area contributed by atoms with E-state index >= 15 is 0 Å². The smallest absolute Gasteiger partial charge is 0.252 e. The lowest BCUT2D eigenvalue weighted by Gasteiger charge is -2.15. The second-order valence-electron chi connectivity index (χ2n) is 4.62. The molecule has 0 amide bonds. The van der Waals surface area contributed by atoms with E-state index < -0.39 is 6.73 Å². The molecule has 112 valence electrons. The molecule has 0 saturated heterocycles. The molecule has 3 aromatic rings. The topological polar surface area (TPSA) is 42.2 Å². The number of pyridine rings is 1. The summed E-state index contributed by atoms with van der Waals surface area (Å²) in [5.41, 5.74) is 2.65. The van der Waals surface area contributed by atoms with Crippen LogP contribution in [0.15, 0.2) is 56.4 Å². The largest absolute Gasteiger partial charge is 0.376 e. The Bertz CT molecular complexity index is 871. The minimum Gasteiger partial charge on any atom is -0.376 e. The number of thiophene rings is 1. The van der Waals surface area contributed by atoms with Gasteiger partial charge in [0.05, 0.1) is 9.48 Å².